The van der Waals surface area contributed by atoms with Gasteiger partial charge in [0.15, 0.2) is 0 Å². The molecule has 1 saturated carbocycles. The average molecular weight is 282 g/mol. The van der Waals surface area contributed by atoms with Crippen LogP contribution in [0.15, 0.2) is 0 Å². The highest BCUT2D eigenvalue weighted by Crippen LogP contribution is 2.50. The fourth-order valence-electron chi connectivity index (χ4n) is 3.42. The van der Waals surface area contributed by atoms with Crippen LogP contribution in [0.4, 0.5) is 4.79 Å². The molecule has 2 aliphatic heterocycles. The van der Waals surface area contributed by atoms with Gasteiger partial charge in [-0.25, -0.2) is 4.79 Å². The van der Waals surface area contributed by atoms with Gasteiger partial charge in [-0.3, -0.25) is 4.79 Å². The molecule has 3 aliphatic rings. The number of aliphatic hydroxyl groups excluding tert-OH is 1. The van der Waals surface area contributed by atoms with Gasteiger partial charge in [0.2, 0.25) is 0 Å². The number of hydrogen-bond acceptors (Lipinski definition) is 4. The Labute approximate surface area is 118 Å². The van der Waals surface area contributed by atoms with E-state index in [2.05, 4.69) is 0 Å². The molecule has 2 amide bonds. The highest BCUT2D eigenvalue weighted by atomic mass is 16.6. The van der Waals surface area contributed by atoms with E-state index in [4.69, 9.17) is 4.74 Å². The molecule has 6 nitrogen and oxygen atoms in total. The quantitative estimate of drug-likeness (QED) is 0.758. The highest BCUT2D eigenvalue weighted by molar-refractivity contribution is 5.83. The van der Waals surface area contributed by atoms with Gasteiger partial charge in [-0.05, 0) is 27.2 Å². The predicted octanol–water partition coefficient (Wildman–Crippen LogP) is 0.445. The number of carbonyl (C=O) groups excluding carboxylic acids is 2. The lowest BCUT2D eigenvalue weighted by Crippen LogP contribution is -2.41. The van der Waals surface area contributed by atoms with Gasteiger partial charge in [-0.1, -0.05) is 0 Å². The van der Waals surface area contributed by atoms with E-state index in [0.717, 1.165) is 0 Å². The molecular weight excluding hydrogens is 260 g/mol. The molecule has 1 N–H and O–H groups in total. The molecule has 6 heteroatoms. The third-order valence-corrected chi connectivity index (χ3v) is 4.37. The molecule has 112 valence electrons. The molecule has 0 aromatic carbocycles. The topological polar surface area (TPSA) is 70.1 Å². The van der Waals surface area contributed by atoms with E-state index in [1.54, 1.807) is 9.80 Å². The highest BCUT2D eigenvalue weighted by Gasteiger charge is 2.61. The summed E-state index contributed by atoms with van der Waals surface area (Å²) >= 11 is 0. The lowest BCUT2D eigenvalue weighted by atomic mass is 10.2. The summed E-state index contributed by atoms with van der Waals surface area (Å²) in [6, 6.07) is 0.221. The summed E-state index contributed by atoms with van der Waals surface area (Å²) in [5.41, 5.74) is -0.474. The van der Waals surface area contributed by atoms with E-state index >= 15 is 0 Å². The second-order valence-corrected chi connectivity index (χ2v) is 7.04. The number of amides is 2. The minimum Gasteiger partial charge on any atom is -0.444 e. The smallest absolute Gasteiger partial charge is 0.410 e. The van der Waals surface area contributed by atoms with Gasteiger partial charge in [0.1, 0.15) is 11.7 Å². The second-order valence-electron chi connectivity index (χ2n) is 7.04. The van der Waals surface area contributed by atoms with Crippen molar-refractivity contribution in [1.82, 2.24) is 9.80 Å². The molecule has 20 heavy (non-hydrogen) atoms. The number of aliphatic hydroxyl groups is 1. The predicted molar refractivity (Wildman–Crippen MR) is 70.9 cm³/mol. The summed E-state index contributed by atoms with van der Waals surface area (Å²) in [6.45, 7) is 7.52. The van der Waals surface area contributed by atoms with Crippen molar-refractivity contribution in [2.45, 2.75) is 44.9 Å². The zero-order valence-electron chi connectivity index (χ0n) is 12.2. The Kier molecular flexibility index (Phi) is 2.97. The largest absolute Gasteiger partial charge is 0.444 e. The van der Waals surface area contributed by atoms with Gasteiger partial charge in [0, 0.05) is 37.5 Å². The Morgan fingerprint density at radius 1 is 1.30 bits per heavy atom. The molecular formula is C14H22N2O4. The van der Waals surface area contributed by atoms with E-state index in [9.17, 15) is 14.7 Å². The number of ether oxygens (including phenoxy) is 1. The van der Waals surface area contributed by atoms with Gasteiger partial charge in [-0.2, -0.15) is 0 Å². The lowest BCUT2D eigenvalue weighted by molar-refractivity contribution is -0.135. The van der Waals surface area contributed by atoms with Crippen LogP contribution in [0.1, 0.15) is 27.2 Å². The Bertz CT molecular complexity index is 433. The number of fused-ring (bicyclic) bond motifs is 1. The molecule has 1 aliphatic carbocycles. The van der Waals surface area contributed by atoms with Crippen molar-refractivity contribution in [3.63, 3.8) is 0 Å². The second kappa shape index (κ2) is 4.35. The normalized spacial score (nSPS) is 36.3. The van der Waals surface area contributed by atoms with Gasteiger partial charge in [0.25, 0.3) is 5.91 Å². The zero-order chi connectivity index (χ0) is 14.7. The van der Waals surface area contributed by atoms with Crippen LogP contribution in [0.2, 0.25) is 0 Å². The van der Waals surface area contributed by atoms with E-state index in [0.29, 0.717) is 37.9 Å². The van der Waals surface area contributed by atoms with Crippen molar-refractivity contribution in [3.8, 4) is 0 Å². The molecule has 0 aromatic heterocycles. The fourth-order valence-corrected chi connectivity index (χ4v) is 3.42. The van der Waals surface area contributed by atoms with Crippen LogP contribution in [0, 0.1) is 11.8 Å². The summed E-state index contributed by atoms with van der Waals surface area (Å²) in [5, 5.41) is 9.50. The Balaban J connectivity index is 1.53. The minimum atomic E-state index is -0.821. The maximum atomic E-state index is 12.0. The zero-order valence-corrected chi connectivity index (χ0v) is 12.2. The minimum absolute atomic E-state index is 0.145. The first-order valence-corrected chi connectivity index (χ1v) is 7.24. The first-order chi connectivity index (χ1) is 9.28. The average Bonchev–Trinajstić information content (AvgIpc) is 2.70. The maximum Gasteiger partial charge on any atom is 0.410 e. The molecule has 0 spiro atoms. The molecule has 2 heterocycles. The van der Waals surface area contributed by atoms with E-state index < -0.39 is 11.7 Å². The number of piperidine rings is 1. The molecule has 0 radical (unpaired) electrons. The summed E-state index contributed by atoms with van der Waals surface area (Å²) in [6.07, 6.45) is -0.556. The first kappa shape index (κ1) is 13.7. The third kappa shape index (κ3) is 2.26. The van der Waals surface area contributed by atoms with Crippen LogP contribution in [-0.4, -0.2) is 64.3 Å². The van der Waals surface area contributed by atoms with Gasteiger partial charge in [-0.15, -0.1) is 0 Å². The van der Waals surface area contributed by atoms with Gasteiger partial charge >= 0.3 is 6.09 Å². The number of nitrogens with zero attached hydrogens (tertiary/aromatic N) is 2. The Morgan fingerprint density at radius 3 is 2.35 bits per heavy atom. The molecule has 3 rings (SSSR count). The van der Waals surface area contributed by atoms with Gasteiger partial charge < -0.3 is 19.6 Å². The van der Waals surface area contributed by atoms with Crippen molar-refractivity contribution in [1.29, 1.82) is 0 Å². The van der Waals surface area contributed by atoms with Crippen LogP contribution < -0.4 is 0 Å². The lowest BCUT2D eigenvalue weighted by Gasteiger charge is -2.27. The third-order valence-electron chi connectivity index (χ3n) is 4.37. The maximum absolute atomic E-state index is 12.0. The molecule has 2 unspecified atom stereocenters. The standard InChI is InChI=1S/C14H22N2O4/c1-14(2,3)20-13(19)15-6-8-9(7-15)11(8)16-5-4-10(17)12(16)18/h8-11,17H,4-7H2,1-3H3/t8?,9?,10-,11?/m1/s1. The van der Waals surface area contributed by atoms with Crippen molar-refractivity contribution >= 4 is 12.0 Å². The number of hydrogen-bond donors (Lipinski definition) is 1. The van der Waals surface area contributed by atoms with Crippen LogP contribution in [0.3, 0.4) is 0 Å². The van der Waals surface area contributed by atoms with E-state index in [-0.39, 0.29) is 18.0 Å². The monoisotopic (exact) mass is 282 g/mol. The summed E-state index contributed by atoms with van der Waals surface area (Å²) in [4.78, 5) is 27.3. The summed E-state index contributed by atoms with van der Waals surface area (Å²) < 4.78 is 5.36. The number of likely N-dealkylation sites (tertiary alicyclic amines) is 2. The number of carbonyl (C=O) groups is 2. The number of rotatable bonds is 1. The van der Waals surface area contributed by atoms with Crippen molar-refractivity contribution in [2.24, 2.45) is 11.8 Å². The van der Waals surface area contributed by atoms with Crippen LogP contribution in [-0.2, 0) is 9.53 Å². The molecule has 3 atom stereocenters. The van der Waals surface area contributed by atoms with Crippen molar-refractivity contribution in [2.75, 3.05) is 19.6 Å². The van der Waals surface area contributed by atoms with Crippen molar-refractivity contribution in [3.05, 3.63) is 0 Å². The summed E-state index contributed by atoms with van der Waals surface area (Å²) in [7, 11) is 0. The molecule has 3 fully saturated rings. The van der Waals surface area contributed by atoms with E-state index in [1.807, 2.05) is 20.8 Å². The van der Waals surface area contributed by atoms with Crippen molar-refractivity contribution < 1.29 is 19.4 Å². The fraction of sp³-hybridized carbons (Fsp3) is 0.857. The molecule has 2 saturated heterocycles. The van der Waals surface area contributed by atoms with Crippen LogP contribution in [0.5, 0.6) is 0 Å². The Hall–Kier alpha value is -1.30. The van der Waals surface area contributed by atoms with E-state index in [1.165, 1.54) is 0 Å². The first-order valence-electron chi connectivity index (χ1n) is 7.24. The van der Waals surface area contributed by atoms with Crippen LogP contribution in [0.25, 0.3) is 0 Å². The molecule has 0 aromatic rings. The SMILES string of the molecule is CC(C)(C)OC(=O)N1CC2C(C1)C2N1CC[C@@H](O)C1=O. The van der Waals surface area contributed by atoms with Gasteiger partial charge in [0.05, 0.1) is 0 Å². The Morgan fingerprint density at radius 2 is 1.90 bits per heavy atom. The summed E-state index contributed by atoms with van der Waals surface area (Å²) in [5.74, 6) is 0.571. The molecule has 0 bridgehead atoms. The van der Waals surface area contributed by atoms with Crippen LogP contribution >= 0.6 is 0 Å².